The van der Waals surface area contributed by atoms with E-state index in [2.05, 4.69) is 9.97 Å². The molecule has 1 N–H and O–H groups in total. The fraction of sp³-hybridized carbons (Fsp3) is 0.0909. The van der Waals surface area contributed by atoms with Gasteiger partial charge in [0, 0.05) is 23.0 Å². The van der Waals surface area contributed by atoms with Crippen LogP contribution in [0.15, 0.2) is 36.9 Å². The zero-order chi connectivity index (χ0) is 10.7. The van der Waals surface area contributed by atoms with Crippen LogP contribution in [-0.4, -0.2) is 15.1 Å². The van der Waals surface area contributed by atoms with Gasteiger partial charge in [-0.25, -0.2) is 9.97 Å². The molecular formula is C11H9ClN2O. The van der Waals surface area contributed by atoms with Crippen molar-refractivity contribution >= 4 is 11.6 Å². The summed E-state index contributed by atoms with van der Waals surface area (Å²) >= 11 is 5.89. The quantitative estimate of drug-likeness (QED) is 0.845. The van der Waals surface area contributed by atoms with Crippen LogP contribution in [0.1, 0.15) is 5.56 Å². The van der Waals surface area contributed by atoms with E-state index in [-0.39, 0.29) is 6.61 Å². The third kappa shape index (κ3) is 2.14. The van der Waals surface area contributed by atoms with Crippen molar-refractivity contribution in [3.05, 3.63) is 47.5 Å². The number of aliphatic hydroxyl groups excluding tert-OH is 1. The Kier molecular flexibility index (Phi) is 2.94. The molecule has 0 saturated carbocycles. The van der Waals surface area contributed by atoms with E-state index in [9.17, 15) is 0 Å². The number of halogens is 1. The molecule has 1 aromatic heterocycles. The second-order valence-corrected chi connectivity index (χ2v) is 3.50. The Labute approximate surface area is 92.4 Å². The summed E-state index contributed by atoms with van der Waals surface area (Å²) in [5, 5.41) is 9.64. The van der Waals surface area contributed by atoms with Gasteiger partial charge in [-0.15, -0.1) is 0 Å². The molecular weight excluding hydrogens is 212 g/mol. The highest BCUT2D eigenvalue weighted by Gasteiger charge is 2.03. The minimum atomic E-state index is -0.0691. The minimum absolute atomic E-state index is 0.0691. The summed E-state index contributed by atoms with van der Waals surface area (Å²) in [6, 6.07) is 5.47. The third-order valence-corrected chi connectivity index (χ3v) is 2.48. The molecule has 0 spiro atoms. The van der Waals surface area contributed by atoms with Crippen LogP contribution in [0.25, 0.3) is 11.1 Å². The Hall–Kier alpha value is -1.45. The predicted molar refractivity (Wildman–Crippen MR) is 58.4 cm³/mol. The van der Waals surface area contributed by atoms with Gasteiger partial charge in [0.25, 0.3) is 0 Å². The van der Waals surface area contributed by atoms with Gasteiger partial charge in [0.1, 0.15) is 6.33 Å². The van der Waals surface area contributed by atoms with E-state index in [4.69, 9.17) is 16.7 Å². The summed E-state index contributed by atoms with van der Waals surface area (Å²) in [7, 11) is 0. The summed E-state index contributed by atoms with van der Waals surface area (Å²) in [5.41, 5.74) is 2.56. The van der Waals surface area contributed by atoms with Crippen LogP contribution < -0.4 is 0 Å². The van der Waals surface area contributed by atoms with Gasteiger partial charge in [-0.05, 0) is 23.3 Å². The standard InChI is InChI=1S/C11H9ClN2O/c12-11-2-1-8(3-9(11)6-15)10-4-13-7-14-5-10/h1-5,7,15H,6H2. The summed E-state index contributed by atoms with van der Waals surface area (Å²) in [6.45, 7) is -0.0691. The molecule has 0 amide bonds. The molecule has 0 radical (unpaired) electrons. The lowest BCUT2D eigenvalue weighted by Gasteiger charge is -2.04. The number of rotatable bonds is 2. The van der Waals surface area contributed by atoms with Crippen LogP contribution in [0.4, 0.5) is 0 Å². The maximum Gasteiger partial charge on any atom is 0.115 e. The average Bonchev–Trinajstić information content (AvgIpc) is 2.31. The molecule has 4 heteroatoms. The first-order valence-electron chi connectivity index (χ1n) is 4.46. The van der Waals surface area contributed by atoms with Crippen molar-refractivity contribution in [2.45, 2.75) is 6.61 Å². The van der Waals surface area contributed by atoms with Crippen LogP contribution in [0.2, 0.25) is 5.02 Å². The predicted octanol–water partition coefficient (Wildman–Crippen LogP) is 2.29. The minimum Gasteiger partial charge on any atom is -0.392 e. The molecule has 0 unspecified atom stereocenters. The van der Waals surface area contributed by atoms with Gasteiger partial charge in [0.2, 0.25) is 0 Å². The van der Waals surface area contributed by atoms with Crippen molar-refractivity contribution < 1.29 is 5.11 Å². The molecule has 0 aliphatic heterocycles. The van der Waals surface area contributed by atoms with Crippen molar-refractivity contribution in [2.24, 2.45) is 0 Å². The van der Waals surface area contributed by atoms with Gasteiger partial charge in [-0.3, -0.25) is 0 Å². The van der Waals surface area contributed by atoms with Gasteiger partial charge in [-0.2, -0.15) is 0 Å². The van der Waals surface area contributed by atoms with Crippen molar-refractivity contribution in [3.63, 3.8) is 0 Å². The number of benzene rings is 1. The first-order valence-corrected chi connectivity index (χ1v) is 4.83. The van der Waals surface area contributed by atoms with Crippen molar-refractivity contribution in [1.82, 2.24) is 9.97 Å². The van der Waals surface area contributed by atoms with Gasteiger partial charge in [-0.1, -0.05) is 17.7 Å². The lowest BCUT2D eigenvalue weighted by Crippen LogP contribution is -1.87. The molecule has 76 valence electrons. The Bertz CT molecular complexity index is 459. The summed E-state index contributed by atoms with van der Waals surface area (Å²) in [5.74, 6) is 0. The molecule has 1 aromatic carbocycles. The molecule has 2 aromatic rings. The Morgan fingerprint density at radius 1 is 1.13 bits per heavy atom. The highest BCUT2D eigenvalue weighted by Crippen LogP contribution is 2.24. The summed E-state index contributed by atoms with van der Waals surface area (Å²) in [4.78, 5) is 7.86. The zero-order valence-corrected chi connectivity index (χ0v) is 8.65. The van der Waals surface area contributed by atoms with Crippen LogP contribution in [0.3, 0.4) is 0 Å². The molecule has 0 aliphatic rings. The lowest BCUT2D eigenvalue weighted by molar-refractivity contribution is 0.282. The van der Waals surface area contributed by atoms with Gasteiger partial charge in [0.15, 0.2) is 0 Å². The van der Waals surface area contributed by atoms with Gasteiger partial charge < -0.3 is 5.11 Å². The fourth-order valence-corrected chi connectivity index (χ4v) is 1.50. The third-order valence-electron chi connectivity index (χ3n) is 2.11. The number of hydrogen-bond acceptors (Lipinski definition) is 3. The van der Waals surface area contributed by atoms with E-state index in [1.807, 2.05) is 12.1 Å². The largest absolute Gasteiger partial charge is 0.392 e. The van der Waals surface area contributed by atoms with E-state index < -0.39 is 0 Å². The van der Waals surface area contributed by atoms with E-state index in [1.54, 1.807) is 18.5 Å². The average molecular weight is 221 g/mol. The molecule has 15 heavy (non-hydrogen) atoms. The maximum absolute atomic E-state index is 9.07. The highest BCUT2D eigenvalue weighted by molar-refractivity contribution is 6.31. The molecule has 0 bridgehead atoms. The monoisotopic (exact) mass is 220 g/mol. The van der Waals surface area contributed by atoms with Crippen molar-refractivity contribution in [2.75, 3.05) is 0 Å². The van der Waals surface area contributed by atoms with Crippen LogP contribution >= 0.6 is 11.6 Å². The highest BCUT2D eigenvalue weighted by atomic mass is 35.5. The first-order chi connectivity index (χ1) is 7.31. The summed E-state index contributed by atoms with van der Waals surface area (Å²) in [6.07, 6.45) is 4.92. The molecule has 0 fully saturated rings. The van der Waals surface area contributed by atoms with E-state index in [1.165, 1.54) is 6.33 Å². The zero-order valence-electron chi connectivity index (χ0n) is 7.89. The second kappa shape index (κ2) is 4.38. The Morgan fingerprint density at radius 3 is 2.53 bits per heavy atom. The van der Waals surface area contributed by atoms with Crippen molar-refractivity contribution in [3.8, 4) is 11.1 Å². The molecule has 0 aliphatic carbocycles. The molecule has 0 saturated heterocycles. The number of nitrogens with zero attached hydrogens (tertiary/aromatic N) is 2. The molecule has 2 rings (SSSR count). The summed E-state index contributed by atoms with van der Waals surface area (Å²) < 4.78 is 0. The normalized spacial score (nSPS) is 10.3. The first kappa shape index (κ1) is 10.1. The van der Waals surface area contributed by atoms with Crippen LogP contribution in [-0.2, 0) is 6.61 Å². The van der Waals surface area contributed by atoms with Gasteiger partial charge in [0.05, 0.1) is 6.61 Å². The molecule has 0 atom stereocenters. The molecule has 3 nitrogen and oxygen atoms in total. The van der Waals surface area contributed by atoms with Crippen LogP contribution in [0.5, 0.6) is 0 Å². The Morgan fingerprint density at radius 2 is 1.87 bits per heavy atom. The number of aliphatic hydroxyl groups is 1. The second-order valence-electron chi connectivity index (χ2n) is 3.09. The lowest BCUT2D eigenvalue weighted by atomic mass is 10.1. The number of aromatic nitrogens is 2. The molecule has 1 heterocycles. The number of hydrogen-bond donors (Lipinski definition) is 1. The van der Waals surface area contributed by atoms with Crippen molar-refractivity contribution in [1.29, 1.82) is 0 Å². The SMILES string of the molecule is OCc1cc(-c2cncnc2)ccc1Cl. The Balaban J connectivity index is 2.46. The topological polar surface area (TPSA) is 46.0 Å². The maximum atomic E-state index is 9.07. The van der Waals surface area contributed by atoms with E-state index >= 15 is 0 Å². The van der Waals surface area contributed by atoms with Gasteiger partial charge >= 0.3 is 0 Å². The van der Waals surface area contributed by atoms with E-state index in [0.717, 1.165) is 11.1 Å². The van der Waals surface area contributed by atoms with Crippen LogP contribution in [0, 0.1) is 0 Å². The smallest absolute Gasteiger partial charge is 0.115 e. The fourth-order valence-electron chi connectivity index (χ4n) is 1.32. The van der Waals surface area contributed by atoms with E-state index in [0.29, 0.717) is 10.6 Å².